The highest BCUT2D eigenvalue weighted by atomic mass is 16.3. The van der Waals surface area contributed by atoms with Gasteiger partial charge in [0.15, 0.2) is 5.78 Å². The summed E-state index contributed by atoms with van der Waals surface area (Å²) in [5, 5.41) is 40.2. The van der Waals surface area contributed by atoms with Crippen LogP contribution in [0.25, 0.3) is 6.08 Å². The van der Waals surface area contributed by atoms with Crippen molar-refractivity contribution in [2.75, 3.05) is 0 Å². The maximum atomic E-state index is 12.6. The molecule has 2 aromatic rings. The highest BCUT2D eigenvalue weighted by molar-refractivity contribution is 6.09. The third kappa shape index (κ3) is 5.77. The minimum absolute atomic E-state index is 0.00605. The molecule has 0 unspecified atom stereocenters. The zero-order valence-electron chi connectivity index (χ0n) is 17.5. The largest absolute Gasteiger partial charge is 0.508 e. The maximum Gasteiger partial charge on any atom is 0.189 e. The average molecular weight is 408 g/mol. The van der Waals surface area contributed by atoms with Crippen molar-refractivity contribution in [3.63, 3.8) is 0 Å². The first kappa shape index (κ1) is 22.8. The molecule has 5 nitrogen and oxygen atoms in total. The molecule has 5 heteroatoms. The minimum Gasteiger partial charge on any atom is -0.508 e. The van der Waals surface area contributed by atoms with Crippen LogP contribution in [0.5, 0.6) is 23.0 Å². The van der Waals surface area contributed by atoms with Crippen LogP contribution in [0.3, 0.4) is 0 Å². The number of phenolic OH excluding ortho intramolecular Hbond substituents is 4. The van der Waals surface area contributed by atoms with E-state index in [1.54, 1.807) is 0 Å². The first-order chi connectivity index (χ1) is 14.1. The molecule has 0 aliphatic heterocycles. The summed E-state index contributed by atoms with van der Waals surface area (Å²) in [4.78, 5) is 12.6. The second kappa shape index (κ2) is 9.83. The maximum absolute atomic E-state index is 12.6. The minimum atomic E-state index is -0.475. The first-order valence-corrected chi connectivity index (χ1v) is 9.67. The molecule has 0 radical (unpaired) electrons. The fraction of sp³-hybridized carbons (Fsp3) is 0.240. The summed E-state index contributed by atoms with van der Waals surface area (Å²) in [5.41, 5.74) is 2.80. The molecular weight excluding hydrogens is 380 g/mol. The van der Waals surface area contributed by atoms with Gasteiger partial charge in [0.2, 0.25) is 0 Å². The molecule has 0 saturated heterocycles. The Labute approximate surface area is 177 Å². The van der Waals surface area contributed by atoms with Crippen molar-refractivity contribution in [3.05, 3.63) is 76.9 Å². The van der Waals surface area contributed by atoms with E-state index in [9.17, 15) is 25.2 Å². The van der Waals surface area contributed by atoms with E-state index in [1.165, 1.54) is 48.1 Å². The Morgan fingerprint density at radius 2 is 1.73 bits per heavy atom. The van der Waals surface area contributed by atoms with Gasteiger partial charge in [-0.15, -0.1) is 0 Å². The number of rotatable bonds is 8. The van der Waals surface area contributed by atoms with Gasteiger partial charge in [0.25, 0.3) is 0 Å². The summed E-state index contributed by atoms with van der Waals surface area (Å²) in [5.74, 6) is -1.06. The highest BCUT2D eigenvalue weighted by Gasteiger charge is 2.20. The lowest BCUT2D eigenvalue weighted by Crippen LogP contribution is -2.07. The molecule has 0 spiro atoms. The first-order valence-electron chi connectivity index (χ1n) is 9.67. The molecular formula is C25H28O5. The number of aromatic hydroxyl groups is 4. The van der Waals surface area contributed by atoms with E-state index in [-0.39, 0.29) is 34.5 Å². The van der Waals surface area contributed by atoms with Crippen LogP contribution < -0.4 is 0 Å². The Morgan fingerprint density at radius 1 is 1.03 bits per heavy atom. The molecule has 0 fully saturated rings. The Morgan fingerprint density at radius 3 is 2.33 bits per heavy atom. The number of carbonyl (C=O) groups is 1. The quantitative estimate of drug-likeness (QED) is 0.263. The Bertz CT molecular complexity index is 1010. The van der Waals surface area contributed by atoms with Gasteiger partial charge >= 0.3 is 0 Å². The van der Waals surface area contributed by atoms with E-state index in [4.69, 9.17) is 0 Å². The number of hydrogen-bond acceptors (Lipinski definition) is 5. The molecule has 30 heavy (non-hydrogen) atoms. The second-order valence-corrected chi connectivity index (χ2v) is 7.66. The van der Waals surface area contributed by atoms with Crippen LogP contribution in [-0.4, -0.2) is 26.2 Å². The molecule has 1 atom stereocenters. The van der Waals surface area contributed by atoms with Crippen molar-refractivity contribution < 1.29 is 25.2 Å². The predicted molar refractivity (Wildman–Crippen MR) is 119 cm³/mol. The van der Waals surface area contributed by atoms with Gasteiger partial charge in [0.05, 0.1) is 5.56 Å². The van der Waals surface area contributed by atoms with Crippen LogP contribution in [-0.2, 0) is 6.42 Å². The smallest absolute Gasteiger partial charge is 0.189 e. The van der Waals surface area contributed by atoms with E-state index in [0.717, 1.165) is 12.0 Å². The van der Waals surface area contributed by atoms with Gasteiger partial charge in [0.1, 0.15) is 23.0 Å². The van der Waals surface area contributed by atoms with Crippen molar-refractivity contribution in [1.29, 1.82) is 0 Å². The van der Waals surface area contributed by atoms with Gasteiger partial charge in [-0.2, -0.15) is 0 Å². The van der Waals surface area contributed by atoms with E-state index in [0.29, 0.717) is 17.5 Å². The number of ketones is 1. The molecule has 158 valence electrons. The lowest BCUT2D eigenvalue weighted by Gasteiger charge is -2.18. The van der Waals surface area contributed by atoms with Crippen LogP contribution >= 0.6 is 0 Å². The average Bonchev–Trinajstić information content (AvgIpc) is 2.66. The Hall–Kier alpha value is -3.47. The SMILES string of the molecule is C=C(C)[C@H](CC=C(C)C)Cc1c(O)ccc(C(=O)/C=C/c2ccc(O)cc2O)c1O. The summed E-state index contributed by atoms with van der Waals surface area (Å²) >= 11 is 0. The molecule has 0 saturated carbocycles. The van der Waals surface area contributed by atoms with E-state index in [2.05, 4.69) is 12.7 Å². The number of hydrogen-bond donors (Lipinski definition) is 4. The van der Waals surface area contributed by atoms with Crippen LogP contribution in [0.2, 0.25) is 0 Å². The van der Waals surface area contributed by atoms with E-state index < -0.39 is 5.78 Å². The van der Waals surface area contributed by atoms with Crippen LogP contribution in [0, 0.1) is 5.92 Å². The fourth-order valence-corrected chi connectivity index (χ4v) is 3.04. The molecule has 0 aliphatic rings. The fourth-order valence-electron chi connectivity index (χ4n) is 3.04. The van der Waals surface area contributed by atoms with Gasteiger partial charge in [0, 0.05) is 17.2 Å². The molecule has 2 aromatic carbocycles. The topological polar surface area (TPSA) is 98.0 Å². The lowest BCUT2D eigenvalue weighted by molar-refractivity contribution is 0.104. The van der Waals surface area contributed by atoms with Crippen molar-refractivity contribution in [1.82, 2.24) is 0 Å². The number of phenols is 4. The van der Waals surface area contributed by atoms with Gasteiger partial charge in [-0.1, -0.05) is 23.8 Å². The number of allylic oxidation sites excluding steroid dienone is 4. The molecule has 0 aliphatic carbocycles. The zero-order valence-corrected chi connectivity index (χ0v) is 17.5. The normalized spacial score (nSPS) is 12.0. The molecule has 0 amide bonds. The second-order valence-electron chi connectivity index (χ2n) is 7.66. The molecule has 2 rings (SSSR count). The standard InChI is InChI=1S/C25H28O5/c1-15(2)5-6-18(16(3)4)13-21-23(28)12-10-20(25(21)30)22(27)11-8-17-7-9-19(26)14-24(17)29/h5,7-12,14,18,26,28-30H,3,6,13H2,1-2,4H3/b11-8+/t18-/m1/s1. The van der Waals surface area contributed by atoms with Crippen LogP contribution in [0.1, 0.15) is 48.7 Å². The van der Waals surface area contributed by atoms with Gasteiger partial charge in [-0.25, -0.2) is 0 Å². The lowest BCUT2D eigenvalue weighted by atomic mass is 9.88. The molecule has 4 N–H and O–H groups in total. The molecule has 0 bridgehead atoms. The summed E-state index contributed by atoms with van der Waals surface area (Å²) in [6, 6.07) is 6.79. The summed E-state index contributed by atoms with van der Waals surface area (Å²) < 4.78 is 0. The van der Waals surface area contributed by atoms with Gasteiger partial charge < -0.3 is 20.4 Å². The third-order valence-electron chi connectivity index (χ3n) is 4.91. The Balaban J connectivity index is 2.32. The van der Waals surface area contributed by atoms with Gasteiger partial charge in [-0.3, -0.25) is 4.79 Å². The predicted octanol–water partition coefficient (Wildman–Crippen LogP) is 5.50. The highest BCUT2D eigenvalue weighted by Crippen LogP contribution is 2.35. The van der Waals surface area contributed by atoms with Crippen molar-refractivity contribution >= 4 is 11.9 Å². The number of benzene rings is 2. The summed E-state index contributed by atoms with van der Waals surface area (Å²) in [6.07, 6.45) is 5.76. The summed E-state index contributed by atoms with van der Waals surface area (Å²) in [6.45, 7) is 9.92. The number of carbonyl (C=O) groups excluding carboxylic acids is 1. The molecule has 0 aromatic heterocycles. The van der Waals surface area contributed by atoms with Crippen LogP contribution in [0.15, 0.2) is 60.2 Å². The summed E-state index contributed by atoms with van der Waals surface area (Å²) in [7, 11) is 0. The van der Waals surface area contributed by atoms with Crippen LogP contribution in [0.4, 0.5) is 0 Å². The third-order valence-corrected chi connectivity index (χ3v) is 4.91. The van der Waals surface area contributed by atoms with Crippen molar-refractivity contribution in [2.24, 2.45) is 5.92 Å². The van der Waals surface area contributed by atoms with Crippen molar-refractivity contribution in [3.8, 4) is 23.0 Å². The van der Waals surface area contributed by atoms with E-state index >= 15 is 0 Å². The monoisotopic (exact) mass is 408 g/mol. The molecule has 0 heterocycles. The Kier molecular flexibility index (Phi) is 7.48. The zero-order chi connectivity index (χ0) is 22.4. The van der Waals surface area contributed by atoms with Crippen molar-refractivity contribution in [2.45, 2.75) is 33.6 Å². The van der Waals surface area contributed by atoms with Gasteiger partial charge in [-0.05, 0) is 75.9 Å². The van der Waals surface area contributed by atoms with E-state index in [1.807, 2.05) is 20.8 Å².